The van der Waals surface area contributed by atoms with Gasteiger partial charge in [-0.15, -0.1) is 11.3 Å². The van der Waals surface area contributed by atoms with Gasteiger partial charge in [0.05, 0.1) is 0 Å². The number of piperazine rings is 1. The molecule has 1 unspecified atom stereocenters. The lowest BCUT2D eigenvalue weighted by Crippen LogP contribution is -2.44. The highest BCUT2D eigenvalue weighted by Gasteiger charge is 2.15. The maximum Gasteiger partial charge on any atom is 0.0425 e. The summed E-state index contributed by atoms with van der Waals surface area (Å²) in [7, 11) is 2.05. The van der Waals surface area contributed by atoms with Crippen molar-refractivity contribution in [3.05, 3.63) is 20.8 Å². The fourth-order valence-corrected chi connectivity index (χ4v) is 3.78. The van der Waals surface area contributed by atoms with Crippen molar-refractivity contribution in [1.29, 1.82) is 0 Å². The minimum Gasteiger partial charge on any atom is -0.314 e. The van der Waals surface area contributed by atoms with E-state index >= 15 is 0 Å². The SMILES string of the molecule is CNC(CCN1CCNCC1)c1cc(Br)cs1. The van der Waals surface area contributed by atoms with E-state index in [9.17, 15) is 0 Å². The van der Waals surface area contributed by atoms with E-state index in [-0.39, 0.29) is 0 Å². The molecule has 2 N–H and O–H groups in total. The van der Waals surface area contributed by atoms with Crippen LogP contribution in [0.15, 0.2) is 15.9 Å². The van der Waals surface area contributed by atoms with Gasteiger partial charge in [0.1, 0.15) is 0 Å². The van der Waals surface area contributed by atoms with E-state index in [2.05, 4.69) is 50.0 Å². The smallest absolute Gasteiger partial charge is 0.0425 e. The Morgan fingerprint density at radius 1 is 1.53 bits per heavy atom. The van der Waals surface area contributed by atoms with Crippen LogP contribution in [0.3, 0.4) is 0 Å². The Kier molecular flexibility index (Phi) is 5.44. The predicted octanol–water partition coefficient (Wildman–Crippen LogP) is 2.07. The fourth-order valence-electron chi connectivity index (χ4n) is 2.19. The molecule has 1 fully saturated rings. The molecule has 1 aliphatic heterocycles. The summed E-state index contributed by atoms with van der Waals surface area (Å²) in [6.07, 6.45) is 1.18. The normalized spacial score (nSPS) is 19.4. The van der Waals surface area contributed by atoms with Crippen LogP contribution in [-0.4, -0.2) is 44.7 Å². The van der Waals surface area contributed by atoms with Gasteiger partial charge < -0.3 is 15.5 Å². The van der Waals surface area contributed by atoms with Gasteiger partial charge in [-0.05, 0) is 35.5 Å². The molecular weight excluding hydrogens is 298 g/mol. The molecule has 96 valence electrons. The van der Waals surface area contributed by atoms with Gasteiger partial charge in [0.15, 0.2) is 0 Å². The second-order valence-corrected chi connectivity index (χ2v) is 6.25. The van der Waals surface area contributed by atoms with E-state index in [1.807, 2.05) is 11.3 Å². The lowest BCUT2D eigenvalue weighted by Gasteiger charge is -2.28. The van der Waals surface area contributed by atoms with Crippen LogP contribution in [0, 0.1) is 0 Å². The number of nitrogens with one attached hydrogen (secondary N) is 2. The van der Waals surface area contributed by atoms with Crippen molar-refractivity contribution < 1.29 is 0 Å². The molecule has 1 aliphatic rings. The highest BCUT2D eigenvalue weighted by Crippen LogP contribution is 2.27. The average molecular weight is 318 g/mol. The van der Waals surface area contributed by atoms with E-state index in [0.29, 0.717) is 6.04 Å². The third kappa shape index (κ3) is 4.03. The van der Waals surface area contributed by atoms with Crippen molar-refractivity contribution in [1.82, 2.24) is 15.5 Å². The summed E-state index contributed by atoms with van der Waals surface area (Å²) in [5, 5.41) is 8.97. The van der Waals surface area contributed by atoms with Gasteiger partial charge in [-0.3, -0.25) is 0 Å². The van der Waals surface area contributed by atoms with Crippen molar-refractivity contribution in [3.8, 4) is 0 Å². The molecule has 1 aromatic heterocycles. The summed E-state index contributed by atoms with van der Waals surface area (Å²) in [5.41, 5.74) is 0. The Morgan fingerprint density at radius 3 is 2.88 bits per heavy atom. The molecule has 2 heterocycles. The molecule has 2 rings (SSSR count). The van der Waals surface area contributed by atoms with Gasteiger partial charge in [-0.2, -0.15) is 0 Å². The zero-order valence-electron chi connectivity index (χ0n) is 10.2. The van der Waals surface area contributed by atoms with E-state index in [0.717, 1.165) is 13.1 Å². The van der Waals surface area contributed by atoms with Crippen molar-refractivity contribution >= 4 is 27.3 Å². The van der Waals surface area contributed by atoms with Crippen LogP contribution in [0.5, 0.6) is 0 Å². The van der Waals surface area contributed by atoms with Crippen LogP contribution in [-0.2, 0) is 0 Å². The second-order valence-electron chi connectivity index (χ2n) is 4.39. The summed E-state index contributed by atoms with van der Waals surface area (Å²) >= 11 is 5.35. The zero-order valence-corrected chi connectivity index (χ0v) is 12.6. The first kappa shape index (κ1) is 13.5. The molecule has 1 aromatic rings. The number of hydrogen-bond acceptors (Lipinski definition) is 4. The van der Waals surface area contributed by atoms with Crippen LogP contribution in [0.2, 0.25) is 0 Å². The van der Waals surface area contributed by atoms with Crippen LogP contribution in [0.4, 0.5) is 0 Å². The van der Waals surface area contributed by atoms with Crippen LogP contribution >= 0.6 is 27.3 Å². The minimum atomic E-state index is 0.487. The molecule has 17 heavy (non-hydrogen) atoms. The highest BCUT2D eigenvalue weighted by molar-refractivity contribution is 9.10. The monoisotopic (exact) mass is 317 g/mol. The maximum atomic E-state index is 3.52. The first-order valence-electron chi connectivity index (χ1n) is 6.14. The number of thiophene rings is 1. The second kappa shape index (κ2) is 6.85. The first-order chi connectivity index (χ1) is 8.29. The summed E-state index contributed by atoms with van der Waals surface area (Å²) in [6, 6.07) is 2.71. The summed E-state index contributed by atoms with van der Waals surface area (Å²) in [6.45, 7) is 5.82. The first-order valence-corrected chi connectivity index (χ1v) is 7.81. The van der Waals surface area contributed by atoms with E-state index in [1.165, 1.54) is 35.4 Å². The predicted molar refractivity (Wildman–Crippen MR) is 77.7 cm³/mol. The molecule has 0 aromatic carbocycles. The summed E-state index contributed by atoms with van der Waals surface area (Å²) in [4.78, 5) is 3.97. The van der Waals surface area contributed by atoms with Gasteiger partial charge in [-0.1, -0.05) is 0 Å². The number of nitrogens with zero attached hydrogens (tertiary/aromatic N) is 1. The van der Waals surface area contributed by atoms with Gasteiger partial charge in [-0.25, -0.2) is 0 Å². The van der Waals surface area contributed by atoms with E-state index < -0.39 is 0 Å². The van der Waals surface area contributed by atoms with Crippen molar-refractivity contribution in [3.63, 3.8) is 0 Å². The maximum absolute atomic E-state index is 3.52. The Bertz CT molecular complexity index is 336. The molecule has 5 heteroatoms. The Morgan fingerprint density at radius 2 is 2.29 bits per heavy atom. The van der Waals surface area contributed by atoms with Gasteiger partial charge >= 0.3 is 0 Å². The van der Waals surface area contributed by atoms with E-state index in [4.69, 9.17) is 0 Å². The highest BCUT2D eigenvalue weighted by atomic mass is 79.9. The van der Waals surface area contributed by atoms with Gasteiger partial charge in [0.25, 0.3) is 0 Å². The fraction of sp³-hybridized carbons (Fsp3) is 0.667. The Labute approximate surface area is 116 Å². The number of rotatable bonds is 5. The lowest BCUT2D eigenvalue weighted by molar-refractivity contribution is 0.230. The molecule has 1 atom stereocenters. The van der Waals surface area contributed by atoms with Crippen LogP contribution < -0.4 is 10.6 Å². The molecule has 0 saturated carbocycles. The molecule has 0 radical (unpaired) electrons. The molecule has 0 aliphatic carbocycles. The zero-order chi connectivity index (χ0) is 12.1. The molecule has 0 amide bonds. The van der Waals surface area contributed by atoms with E-state index in [1.54, 1.807) is 0 Å². The Hall–Kier alpha value is 0.0600. The largest absolute Gasteiger partial charge is 0.314 e. The van der Waals surface area contributed by atoms with Crippen molar-refractivity contribution in [2.75, 3.05) is 39.8 Å². The minimum absolute atomic E-state index is 0.487. The molecule has 3 nitrogen and oxygen atoms in total. The van der Waals surface area contributed by atoms with Gasteiger partial charge in [0, 0.05) is 53.5 Å². The topological polar surface area (TPSA) is 27.3 Å². The molecule has 0 spiro atoms. The molecule has 0 bridgehead atoms. The van der Waals surface area contributed by atoms with Crippen LogP contribution in [0.1, 0.15) is 17.3 Å². The van der Waals surface area contributed by atoms with Crippen molar-refractivity contribution in [2.24, 2.45) is 0 Å². The number of hydrogen-bond donors (Lipinski definition) is 2. The number of halogens is 1. The van der Waals surface area contributed by atoms with Crippen LogP contribution in [0.25, 0.3) is 0 Å². The summed E-state index contributed by atoms with van der Waals surface area (Å²) in [5.74, 6) is 0. The molecular formula is C12H20BrN3S. The molecule has 1 saturated heterocycles. The Balaban J connectivity index is 1.82. The quantitative estimate of drug-likeness (QED) is 0.870. The lowest BCUT2D eigenvalue weighted by atomic mass is 10.1. The standard InChI is InChI=1S/C12H20BrN3S/c1-14-11(12-8-10(13)9-17-12)2-5-16-6-3-15-4-7-16/h8-9,11,14-15H,2-7H2,1H3. The third-order valence-electron chi connectivity index (χ3n) is 3.22. The third-order valence-corrected chi connectivity index (χ3v) is 5.03. The van der Waals surface area contributed by atoms with Gasteiger partial charge in [0.2, 0.25) is 0 Å². The summed E-state index contributed by atoms with van der Waals surface area (Å²) < 4.78 is 1.19. The van der Waals surface area contributed by atoms with Crippen molar-refractivity contribution in [2.45, 2.75) is 12.5 Å². The average Bonchev–Trinajstić information content (AvgIpc) is 2.78.